The van der Waals surface area contributed by atoms with Crippen LogP contribution in [-0.4, -0.2) is 31.1 Å². The predicted molar refractivity (Wildman–Crippen MR) is 82.3 cm³/mol. The molecule has 1 aliphatic rings. The Morgan fingerprint density at radius 1 is 1.37 bits per heavy atom. The number of nitrogens with one attached hydrogen (secondary N) is 1. The first kappa shape index (κ1) is 14.5. The molecule has 19 heavy (non-hydrogen) atoms. The van der Waals surface area contributed by atoms with Gasteiger partial charge >= 0.3 is 0 Å². The van der Waals surface area contributed by atoms with Gasteiger partial charge in [-0.2, -0.15) is 0 Å². The van der Waals surface area contributed by atoms with Gasteiger partial charge in [-0.25, -0.2) is 0 Å². The first-order chi connectivity index (χ1) is 9.13. The van der Waals surface area contributed by atoms with E-state index in [9.17, 15) is 0 Å². The summed E-state index contributed by atoms with van der Waals surface area (Å²) in [5.74, 6) is 1.57. The Labute approximate surface area is 118 Å². The highest BCUT2D eigenvalue weighted by Crippen LogP contribution is 2.15. The second-order valence-corrected chi connectivity index (χ2v) is 6.44. The summed E-state index contributed by atoms with van der Waals surface area (Å²) in [5, 5.41) is 3.48. The normalized spacial score (nSPS) is 19.5. The summed E-state index contributed by atoms with van der Waals surface area (Å²) in [6, 6.07) is 8.93. The summed E-state index contributed by atoms with van der Waals surface area (Å²) >= 11 is 0. The average molecular weight is 260 g/mol. The first-order valence-corrected chi connectivity index (χ1v) is 7.62. The first-order valence-electron chi connectivity index (χ1n) is 7.62. The summed E-state index contributed by atoms with van der Waals surface area (Å²) in [6.45, 7) is 12.7. The van der Waals surface area contributed by atoms with Crippen molar-refractivity contribution in [1.82, 2.24) is 10.2 Å². The molecule has 2 heteroatoms. The molecular weight excluding hydrogens is 232 g/mol. The van der Waals surface area contributed by atoms with Gasteiger partial charge in [-0.3, -0.25) is 4.90 Å². The summed E-state index contributed by atoms with van der Waals surface area (Å²) in [5.41, 5.74) is 2.82. The average Bonchev–Trinajstić information content (AvgIpc) is 2.80. The fourth-order valence-corrected chi connectivity index (χ4v) is 3.02. The van der Waals surface area contributed by atoms with Gasteiger partial charge in [0.2, 0.25) is 0 Å². The van der Waals surface area contributed by atoms with Crippen LogP contribution in [-0.2, 0) is 6.54 Å². The minimum Gasteiger partial charge on any atom is -0.316 e. The number of hydrogen-bond donors (Lipinski definition) is 1. The van der Waals surface area contributed by atoms with Crippen LogP contribution in [0.4, 0.5) is 0 Å². The van der Waals surface area contributed by atoms with Gasteiger partial charge in [0.15, 0.2) is 0 Å². The molecule has 1 saturated heterocycles. The second-order valence-electron chi connectivity index (χ2n) is 6.44. The van der Waals surface area contributed by atoms with Gasteiger partial charge in [0.25, 0.3) is 0 Å². The number of benzene rings is 1. The zero-order chi connectivity index (χ0) is 13.7. The van der Waals surface area contributed by atoms with E-state index in [1.54, 1.807) is 0 Å². The topological polar surface area (TPSA) is 15.3 Å². The molecule has 0 amide bonds. The lowest BCUT2D eigenvalue weighted by molar-refractivity contribution is 0.205. The van der Waals surface area contributed by atoms with E-state index in [0.717, 1.165) is 18.4 Å². The number of hydrogen-bond acceptors (Lipinski definition) is 2. The SMILES string of the molecule is Cc1cccc(CN(CC(C)C)CC2CCNC2)c1. The third-order valence-electron chi connectivity index (χ3n) is 3.79. The fourth-order valence-electron chi connectivity index (χ4n) is 3.02. The highest BCUT2D eigenvalue weighted by atomic mass is 15.1. The van der Waals surface area contributed by atoms with Crippen LogP contribution in [0.25, 0.3) is 0 Å². The van der Waals surface area contributed by atoms with Gasteiger partial charge < -0.3 is 5.32 Å². The molecular formula is C17H28N2. The Bertz CT molecular complexity index is 381. The highest BCUT2D eigenvalue weighted by molar-refractivity contribution is 5.22. The lowest BCUT2D eigenvalue weighted by atomic mass is 10.1. The molecule has 0 bridgehead atoms. The van der Waals surface area contributed by atoms with Crippen LogP contribution in [0, 0.1) is 18.8 Å². The van der Waals surface area contributed by atoms with Gasteiger partial charge in [0.1, 0.15) is 0 Å². The third-order valence-corrected chi connectivity index (χ3v) is 3.79. The Morgan fingerprint density at radius 2 is 2.21 bits per heavy atom. The summed E-state index contributed by atoms with van der Waals surface area (Å²) < 4.78 is 0. The number of aryl methyl sites for hydroxylation is 1. The molecule has 0 aliphatic carbocycles. The van der Waals surface area contributed by atoms with E-state index in [0.29, 0.717) is 0 Å². The van der Waals surface area contributed by atoms with Crippen molar-refractivity contribution in [2.24, 2.45) is 11.8 Å². The predicted octanol–water partition coefficient (Wildman–Crippen LogP) is 3.06. The van der Waals surface area contributed by atoms with Crippen molar-refractivity contribution in [2.45, 2.75) is 33.7 Å². The lowest BCUT2D eigenvalue weighted by Gasteiger charge is -2.27. The Kier molecular flexibility index (Phi) is 5.41. The van der Waals surface area contributed by atoms with Crippen molar-refractivity contribution in [1.29, 1.82) is 0 Å². The van der Waals surface area contributed by atoms with E-state index in [2.05, 4.69) is 55.3 Å². The Hall–Kier alpha value is -0.860. The molecule has 2 nitrogen and oxygen atoms in total. The van der Waals surface area contributed by atoms with Gasteiger partial charge in [-0.15, -0.1) is 0 Å². The molecule has 1 unspecified atom stereocenters. The van der Waals surface area contributed by atoms with Crippen LogP contribution in [0.3, 0.4) is 0 Å². The van der Waals surface area contributed by atoms with Crippen LogP contribution >= 0.6 is 0 Å². The number of rotatable bonds is 6. The molecule has 0 saturated carbocycles. The maximum Gasteiger partial charge on any atom is 0.0234 e. The molecule has 0 radical (unpaired) electrons. The van der Waals surface area contributed by atoms with Crippen molar-refractivity contribution in [3.8, 4) is 0 Å². The van der Waals surface area contributed by atoms with Crippen LogP contribution < -0.4 is 5.32 Å². The molecule has 0 aromatic heterocycles. The van der Waals surface area contributed by atoms with E-state index in [1.807, 2.05) is 0 Å². The maximum atomic E-state index is 3.48. The zero-order valence-corrected chi connectivity index (χ0v) is 12.7. The third kappa shape index (κ3) is 4.96. The van der Waals surface area contributed by atoms with Gasteiger partial charge in [-0.1, -0.05) is 43.7 Å². The van der Waals surface area contributed by atoms with E-state index >= 15 is 0 Å². The van der Waals surface area contributed by atoms with E-state index in [1.165, 1.54) is 43.7 Å². The van der Waals surface area contributed by atoms with Crippen LogP contribution in [0.5, 0.6) is 0 Å². The quantitative estimate of drug-likeness (QED) is 0.845. The minimum atomic E-state index is 0.735. The van der Waals surface area contributed by atoms with Gasteiger partial charge in [0.05, 0.1) is 0 Å². The fraction of sp³-hybridized carbons (Fsp3) is 0.647. The molecule has 1 heterocycles. The standard InChI is InChI=1S/C17H28N2/c1-14(2)11-19(13-17-7-8-18-10-17)12-16-6-4-5-15(3)9-16/h4-6,9,14,17-18H,7-8,10-13H2,1-3H3. The smallest absolute Gasteiger partial charge is 0.0234 e. The van der Waals surface area contributed by atoms with Gasteiger partial charge in [0, 0.05) is 19.6 Å². The Morgan fingerprint density at radius 3 is 2.84 bits per heavy atom. The van der Waals surface area contributed by atoms with Gasteiger partial charge in [-0.05, 0) is 43.8 Å². The second kappa shape index (κ2) is 7.06. The van der Waals surface area contributed by atoms with Crippen LogP contribution in [0.2, 0.25) is 0 Å². The monoisotopic (exact) mass is 260 g/mol. The largest absolute Gasteiger partial charge is 0.316 e. The van der Waals surface area contributed by atoms with Crippen molar-refractivity contribution in [3.63, 3.8) is 0 Å². The molecule has 2 rings (SSSR count). The molecule has 0 spiro atoms. The molecule has 1 fully saturated rings. The molecule has 1 aromatic rings. The molecule has 1 N–H and O–H groups in total. The summed E-state index contributed by atoms with van der Waals surface area (Å²) in [4.78, 5) is 2.64. The Balaban J connectivity index is 1.96. The van der Waals surface area contributed by atoms with Crippen molar-refractivity contribution in [3.05, 3.63) is 35.4 Å². The zero-order valence-electron chi connectivity index (χ0n) is 12.7. The summed E-state index contributed by atoms with van der Waals surface area (Å²) in [7, 11) is 0. The van der Waals surface area contributed by atoms with Crippen LogP contribution in [0.1, 0.15) is 31.4 Å². The maximum absolute atomic E-state index is 3.48. The molecule has 1 aliphatic heterocycles. The minimum absolute atomic E-state index is 0.735. The van der Waals surface area contributed by atoms with E-state index in [4.69, 9.17) is 0 Å². The summed E-state index contributed by atoms with van der Waals surface area (Å²) in [6.07, 6.45) is 1.34. The van der Waals surface area contributed by atoms with E-state index < -0.39 is 0 Å². The van der Waals surface area contributed by atoms with Crippen molar-refractivity contribution < 1.29 is 0 Å². The number of nitrogens with zero attached hydrogens (tertiary/aromatic N) is 1. The van der Waals surface area contributed by atoms with Crippen LogP contribution in [0.15, 0.2) is 24.3 Å². The lowest BCUT2D eigenvalue weighted by Crippen LogP contribution is -2.33. The van der Waals surface area contributed by atoms with E-state index in [-0.39, 0.29) is 0 Å². The van der Waals surface area contributed by atoms with Crippen molar-refractivity contribution in [2.75, 3.05) is 26.2 Å². The van der Waals surface area contributed by atoms with Crippen molar-refractivity contribution >= 4 is 0 Å². The highest BCUT2D eigenvalue weighted by Gasteiger charge is 2.18. The molecule has 1 aromatic carbocycles. The molecule has 1 atom stereocenters. The molecule has 106 valence electrons.